The summed E-state index contributed by atoms with van der Waals surface area (Å²) in [5.41, 5.74) is 0.995. The monoisotopic (exact) mass is 440 g/mol. The first-order valence-corrected chi connectivity index (χ1v) is 10.4. The molecule has 32 heavy (non-hydrogen) atoms. The van der Waals surface area contributed by atoms with Gasteiger partial charge in [-0.2, -0.15) is 0 Å². The van der Waals surface area contributed by atoms with Gasteiger partial charge in [-0.1, -0.05) is 38.1 Å². The molecule has 0 bridgehead atoms. The average molecular weight is 440 g/mol. The first-order chi connectivity index (χ1) is 15.2. The fraction of sp³-hybridized carbons (Fsp3) is 0.375. The third kappa shape index (κ3) is 4.75. The standard InChI is InChI=1S/C24H28N2O6/c1-15(2)16-5-9-18(10-6-16)24(3)22(29)26(23(30)25-24)13-19(27)14-32-20-11-7-17(8-12-20)21(28)31-4/h5-12,15,19,27H,13-14H2,1-4H3,(H,25,30). The first kappa shape index (κ1) is 23.3. The Morgan fingerprint density at radius 2 is 1.72 bits per heavy atom. The van der Waals surface area contributed by atoms with Crippen molar-refractivity contribution in [1.82, 2.24) is 10.2 Å². The Labute approximate surface area is 187 Å². The normalized spacial score (nSPS) is 19.1. The molecule has 1 aliphatic rings. The van der Waals surface area contributed by atoms with Crippen molar-refractivity contribution in [3.8, 4) is 5.75 Å². The maximum atomic E-state index is 13.0. The molecule has 2 N–H and O–H groups in total. The van der Waals surface area contributed by atoms with Crippen molar-refractivity contribution in [2.24, 2.45) is 0 Å². The number of carbonyl (C=O) groups excluding carboxylic acids is 3. The minimum absolute atomic E-state index is 0.131. The SMILES string of the molecule is COC(=O)c1ccc(OCC(O)CN2C(=O)NC(C)(c3ccc(C(C)C)cc3)C2=O)cc1. The number of methoxy groups -OCH3 is 1. The number of amides is 3. The number of imide groups is 1. The van der Waals surface area contributed by atoms with Crippen LogP contribution in [0.25, 0.3) is 0 Å². The van der Waals surface area contributed by atoms with E-state index in [1.807, 2.05) is 24.3 Å². The van der Waals surface area contributed by atoms with Crippen LogP contribution in [0.3, 0.4) is 0 Å². The van der Waals surface area contributed by atoms with E-state index in [1.54, 1.807) is 31.2 Å². The van der Waals surface area contributed by atoms with Gasteiger partial charge in [-0.3, -0.25) is 9.69 Å². The topological polar surface area (TPSA) is 105 Å². The van der Waals surface area contributed by atoms with Gasteiger partial charge in [0.05, 0.1) is 19.2 Å². The molecular formula is C24H28N2O6. The van der Waals surface area contributed by atoms with Crippen molar-refractivity contribution in [3.63, 3.8) is 0 Å². The number of ether oxygens (including phenoxy) is 2. The van der Waals surface area contributed by atoms with Gasteiger partial charge in [-0.25, -0.2) is 9.59 Å². The summed E-state index contributed by atoms with van der Waals surface area (Å²) < 4.78 is 10.2. The molecule has 1 saturated heterocycles. The van der Waals surface area contributed by atoms with Gasteiger partial charge in [0.15, 0.2) is 0 Å². The number of carbonyl (C=O) groups is 3. The summed E-state index contributed by atoms with van der Waals surface area (Å²) >= 11 is 0. The highest BCUT2D eigenvalue weighted by Gasteiger charge is 2.49. The Bertz CT molecular complexity index is 987. The molecule has 2 unspecified atom stereocenters. The summed E-state index contributed by atoms with van der Waals surface area (Å²) in [6, 6.07) is 13.2. The Morgan fingerprint density at radius 3 is 2.28 bits per heavy atom. The van der Waals surface area contributed by atoms with Gasteiger partial charge in [0.25, 0.3) is 5.91 Å². The highest BCUT2D eigenvalue weighted by atomic mass is 16.5. The molecule has 170 valence electrons. The van der Waals surface area contributed by atoms with Crippen LogP contribution in [0, 0.1) is 0 Å². The molecule has 1 aliphatic heterocycles. The van der Waals surface area contributed by atoms with Crippen LogP contribution in [0.15, 0.2) is 48.5 Å². The summed E-state index contributed by atoms with van der Waals surface area (Å²) in [5.74, 6) is -0.101. The van der Waals surface area contributed by atoms with Gasteiger partial charge in [-0.15, -0.1) is 0 Å². The number of rotatable bonds is 8. The molecule has 0 aliphatic carbocycles. The number of aliphatic hydroxyl groups excluding tert-OH is 1. The highest BCUT2D eigenvalue weighted by molar-refractivity contribution is 6.07. The summed E-state index contributed by atoms with van der Waals surface area (Å²) in [4.78, 5) is 38.0. The third-order valence-corrected chi connectivity index (χ3v) is 5.54. The summed E-state index contributed by atoms with van der Waals surface area (Å²) in [6.07, 6.45) is -1.09. The van der Waals surface area contributed by atoms with Crippen LogP contribution < -0.4 is 10.1 Å². The Kier molecular flexibility index (Phi) is 6.84. The predicted octanol–water partition coefficient (Wildman–Crippen LogP) is 2.80. The lowest BCUT2D eigenvalue weighted by molar-refractivity contribution is -0.132. The van der Waals surface area contributed by atoms with Gasteiger partial charge < -0.3 is 19.9 Å². The second-order valence-corrected chi connectivity index (χ2v) is 8.23. The van der Waals surface area contributed by atoms with Crippen molar-refractivity contribution >= 4 is 17.9 Å². The molecule has 2 aromatic carbocycles. The summed E-state index contributed by atoms with van der Waals surface area (Å²) in [7, 11) is 1.30. The molecule has 8 heteroatoms. The Balaban J connectivity index is 1.61. The van der Waals surface area contributed by atoms with Crippen LogP contribution in [0.4, 0.5) is 4.79 Å². The second-order valence-electron chi connectivity index (χ2n) is 8.23. The molecule has 0 saturated carbocycles. The first-order valence-electron chi connectivity index (χ1n) is 10.4. The molecular weight excluding hydrogens is 412 g/mol. The number of esters is 1. The lowest BCUT2D eigenvalue weighted by Gasteiger charge is -2.23. The number of hydrogen-bond acceptors (Lipinski definition) is 6. The zero-order valence-electron chi connectivity index (χ0n) is 18.6. The smallest absolute Gasteiger partial charge is 0.337 e. The molecule has 3 rings (SSSR count). The molecule has 2 aromatic rings. The number of hydrogen-bond donors (Lipinski definition) is 2. The van der Waals surface area contributed by atoms with E-state index in [0.717, 1.165) is 10.5 Å². The van der Waals surface area contributed by atoms with E-state index in [-0.39, 0.29) is 13.2 Å². The highest BCUT2D eigenvalue weighted by Crippen LogP contribution is 2.30. The number of urea groups is 1. The summed E-state index contributed by atoms with van der Waals surface area (Å²) in [5, 5.41) is 13.1. The van der Waals surface area contributed by atoms with E-state index in [1.165, 1.54) is 7.11 Å². The van der Waals surface area contributed by atoms with Crippen LogP contribution in [-0.2, 0) is 15.1 Å². The van der Waals surface area contributed by atoms with Crippen molar-refractivity contribution < 1.29 is 29.0 Å². The number of β-amino-alcohol motifs (C(OH)–C–C–N with tert-alkyl or cyclic N) is 1. The molecule has 0 spiro atoms. The van der Waals surface area contributed by atoms with Crippen molar-refractivity contribution in [1.29, 1.82) is 0 Å². The Hall–Kier alpha value is -3.39. The van der Waals surface area contributed by atoms with Crippen molar-refractivity contribution in [3.05, 3.63) is 65.2 Å². The fourth-order valence-electron chi connectivity index (χ4n) is 3.52. The minimum Gasteiger partial charge on any atom is -0.491 e. The number of aliphatic hydroxyl groups is 1. The summed E-state index contributed by atoms with van der Waals surface area (Å²) in [6.45, 7) is 5.48. The zero-order valence-corrected chi connectivity index (χ0v) is 18.6. The molecule has 1 fully saturated rings. The molecule has 0 aromatic heterocycles. The van der Waals surface area contributed by atoms with Crippen LogP contribution in [0.5, 0.6) is 5.75 Å². The van der Waals surface area contributed by atoms with Crippen LogP contribution >= 0.6 is 0 Å². The van der Waals surface area contributed by atoms with Gasteiger partial charge >= 0.3 is 12.0 Å². The molecule has 0 radical (unpaired) electrons. The van der Waals surface area contributed by atoms with E-state index in [9.17, 15) is 19.5 Å². The quantitative estimate of drug-likeness (QED) is 0.483. The molecule has 2 atom stereocenters. The van der Waals surface area contributed by atoms with E-state index in [4.69, 9.17) is 4.74 Å². The third-order valence-electron chi connectivity index (χ3n) is 5.54. The van der Waals surface area contributed by atoms with E-state index in [2.05, 4.69) is 23.9 Å². The lowest BCUT2D eigenvalue weighted by Crippen LogP contribution is -2.42. The van der Waals surface area contributed by atoms with Crippen LogP contribution in [0.2, 0.25) is 0 Å². The number of nitrogens with zero attached hydrogens (tertiary/aromatic N) is 1. The van der Waals surface area contributed by atoms with Gasteiger partial charge in [-0.05, 0) is 48.2 Å². The van der Waals surface area contributed by atoms with Gasteiger partial charge in [0, 0.05) is 0 Å². The average Bonchev–Trinajstić information content (AvgIpc) is 3.01. The maximum absolute atomic E-state index is 13.0. The molecule has 1 heterocycles. The largest absolute Gasteiger partial charge is 0.491 e. The van der Waals surface area contributed by atoms with E-state index >= 15 is 0 Å². The van der Waals surface area contributed by atoms with Crippen molar-refractivity contribution in [2.75, 3.05) is 20.3 Å². The molecule has 3 amide bonds. The van der Waals surface area contributed by atoms with Crippen LogP contribution in [-0.4, -0.2) is 54.3 Å². The predicted molar refractivity (Wildman–Crippen MR) is 117 cm³/mol. The van der Waals surface area contributed by atoms with E-state index < -0.39 is 29.6 Å². The lowest BCUT2D eigenvalue weighted by atomic mass is 9.90. The van der Waals surface area contributed by atoms with E-state index in [0.29, 0.717) is 22.8 Å². The second kappa shape index (κ2) is 9.40. The number of nitrogens with one attached hydrogen (secondary N) is 1. The molecule has 8 nitrogen and oxygen atoms in total. The minimum atomic E-state index is -1.20. The Morgan fingerprint density at radius 1 is 1.09 bits per heavy atom. The zero-order chi connectivity index (χ0) is 23.5. The van der Waals surface area contributed by atoms with Crippen molar-refractivity contribution in [2.45, 2.75) is 38.3 Å². The van der Waals surface area contributed by atoms with Gasteiger partial charge in [0.2, 0.25) is 0 Å². The fourth-order valence-corrected chi connectivity index (χ4v) is 3.52. The number of benzene rings is 2. The van der Waals surface area contributed by atoms with Crippen LogP contribution in [0.1, 0.15) is 48.2 Å². The maximum Gasteiger partial charge on any atom is 0.337 e. The van der Waals surface area contributed by atoms with Gasteiger partial charge in [0.1, 0.15) is 24.0 Å².